The first-order chi connectivity index (χ1) is 13.7. The Bertz CT molecular complexity index is 1090. The lowest BCUT2D eigenvalue weighted by Crippen LogP contribution is -2.35. The second-order valence-electron chi connectivity index (χ2n) is 7.12. The Kier molecular flexibility index (Phi) is 5.54. The Balaban J connectivity index is 1.87. The van der Waals surface area contributed by atoms with E-state index in [0.717, 1.165) is 6.07 Å². The van der Waals surface area contributed by atoms with Crippen LogP contribution in [0.15, 0.2) is 40.8 Å². The number of benzene rings is 2. The summed E-state index contributed by atoms with van der Waals surface area (Å²) in [7, 11) is 0. The molecule has 0 aliphatic rings. The number of furan rings is 1. The van der Waals surface area contributed by atoms with Crippen molar-refractivity contribution in [2.45, 2.75) is 26.8 Å². The minimum Gasteiger partial charge on any atom is -0.455 e. The van der Waals surface area contributed by atoms with Gasteiger partial charge < -0.3 is 20.8 Å². The number of carbonyl (C=O) groups excluding carboxylic acids is 2. The van der Waals surface area contributed by atoms with Crippen LogP contribution < -0.4 is 16.4 Å². The minimum absolute atomic E-state index is 0.0547. The number of aryl methyl sites for hydroxylation is 1. The zero-order valence-electron chi connectivity index (χ0n) is 16.2. The molecular weight excluding hydrogens is 380 g/mol. The number of urea groups is 1. The lowest BCUT2D eigenvalue weighted by atomic mass is 9.98. The molecule has 4 N–H and O–H groups in total. The number of nitrogens with two attached hydrogens (primary N) is 1. The summed E-state index contributed by atoms with van der Waals surface area (Å²) in [6.45, 7) is 5.41. The molecule has 0 unspecified atom stereocenters. The van der Waals surface area contributed by atoms with Crippen LogP contribution in [-0.2, 0) is 0 Å². The maximum absolute atomic E-state index is 14.1. The molecule has 0 saturated heterocycles. The number of hydrogen-bond acceptors (Lipinski definition) is 3. The lowest BCUT2D eigenvalue weighted by molar-refractivity contribution is 0.1000. The molecule has 0 radical (unpaired) electrons. The van der Waals surface area contributed by atoms with E-state index in [1.165, 1.54) is 18.2 Å². The van der Waals surface area contributed by atoms with Crippen molar-refractivity contribution in [3.8, 4) is 0 Å². The molecule has 3 rings (SSSR count). The first-order valence-corrected chi connectivity index (χ1v) is 9.02. The van der Waals surface area contributed by atoms with Gasteiger partial charge in [-0.05, 0) is 37.1 Å². The van der Waals surface area contributed by atoms with Crippen LogP contribution in [0.3, 0.4) is 0 Å². The Hall–Kier alpha value is -3.42. The van der Waals surface area contributed by atoms with Crippen LogP contribution in [0.4, 0.5) is 19.3 Å². The maximum atomic E-state index is 14.1. The first kappa shape index (κ1) is 20.3. The van der Waals surface area contributed by atoms with Gasteiger partial charge >= 0.3 is 6.03 Å². The van der Waals surface area contributed by atoms with Crippen LogP contribution >= 0.6 is 0 Å². The molecule has 29 heavy (non-hydrogen) atoms. The Morgan fingerprint density at radius 3 is 2.52 bits per heavy atom. The Morgan fingerprint density at radius 2 is 1.86 bits per heavy atom. The van der Waals surface area contributed by atoms with Gasteiger partial charge in [-0.1, -0.05) is 19.9 Å². The number of anilines is 1. The Morgan fingerprint density at radius 1 is 1.14 bits per heavy atom. The fourth-order valence-corrected chi connectivity index (χ4v) is 3.15. The van der Waals surface area contributed by atoms with Crippen LogP contribution in [0.25, 0.3) is 11.0 Å². The monoisotopic (exact) mass is 401 g/mol. The van der Waals surface area contributed by atoms with E-state index >= 15 is 0 Å². The molecule has 1 heterocycles. The molecule has 3 amide bonds. The third kappa shape index (κ3) is 4.21. The van der Waals surface area contributed by atoms with Gasteiger partial charge in [0, 0.05) is 28.3 Å². The number of hydrogen-bond donors (Lipinski definition) is 3. The van der Waals surface area contributed by atoms with Gasteiger partial charge in [0.2, 0.25) is 5.91 Å². The predicted molar refractivity (Wildman–Crippen MR) is 106 cm³/mol. The summed E-state index contributed by atoms with van der Waals surface area (Å²) in [4.78, 5) is 23.8. The number of nitrogens with one attached hydrogen (secondary N) is 2. The van der Waals surface area contributed by atoms with E-state index in [4.69, 9.17) is 10.2 Å². The van der Waals surface area contributed by atoms with E-state index in [-0.39, 0.29) is 17.1 Å². The van der Waals surface area contributed by atoms with Gasteiger partial charge in [-0.25, -0.2) is 13.6 Å². The maximum Gasteiger partial charge on any atom is 0.319 e. The summed E-state index contributed by atoms with van der Waals surface area (Å²) in [6, 6.07) is 7.02. The van der Waals surface area contributed by atoms with E-state index in [1.807, 2.05) is 13.8 Å². The van der Waals surface area contributed by atoms with E-state index in [2.05, 4.69) is 10.6 Å². The summed E-state index contributed by atoms with van der Waals surface area (Å²) in [5.41, 5.74) is 6.39. The van der Waals surface area contributed by atoms with Crippen molar-refractivity contribution < 1.29 is 22.8 Å². The van der Waals surface area contributed by atoms with Gasteiger partial charge in [0.05, 0.1) is 6.04 Å². The second-order valence-corrected chi connectivity index (χ2v) is 7.12. The molecule has 8 heteroatoms. The highest BCUT2D eigenvalue weighted by atomic mass is 19.1. The highest BCUT2D eigenvalue weighted by Crippen LogP contribution is 2.34. The number of halogens is 2. The molecule has 152 valence electrons. The van der Waals surface area contributed by atoms with Crippen molar-refractivity contribution in [3.63, 3.8) is 0 Å². The van der Waals surface area contributed by atoms with Crippen molar-refractivity contribution in [3.05, 3.63) is 64.9 Å². The molecule has 0 aliphatic heterocycles. The first-order valence-electron chi connectivity index (χ1n) is 9.02. The number of primary amides is 1. The molecule has 0 saturated carbocycles. The Labute approximate surface area is 166 Å². The average Bonchev–Trinajstić information content (AvgIpc) is 2.96. The highest BCUT2D eigenvalue weighted by Gasteiger charge is 2.26. The van der Waals surface area contributed by atoms with Crippen LogP contribution in [-0.4, -0.2) is 11.9 Å². The number of rotatable bonds is 5. The van der Waals surface area contributed by atoms with Crippen LogP contribution in [0.5, 0.6) is 0 Å². The number of fused-ring (bicyclic) bond motifs is 1. The van der Waals surface area contributed by atoms with Gasteiger partial charge in [-0.15, -0.1) is 0 Å². The van der Waals surface area contributed by atoms with Gasteiger partial charge in [0.25, 0.3) is 0 Å². The highest BCUT2D eigenvalue weighted by molar-refractivity contribution is 5.96. The molecule has 0 aliphatic carbocycles. The number of carbonyl (C=O) groups is 2. The predicted octanol–water partition coefficient (Wildman–Crippen LogP) is 4.64. The van der Waals surface area contributed by atoms with E-state index in [0.29, 0.717) is 22.4 Å². The second kappa shape index (κ2) is 7.90. The molecule has 2 aromatic carbocycles. The van der Waals surface area contributed by atoms with Crippen LogP contribution in [0.2, 0.25) is 0 Å². The zero-order valence-corrected chi connectivity index (χ0v) is 16.2. The number of amides is 3. The smallest absolute Gasteiger partial charge is 0.319 e. The van der Waals surface area contributed by atoms with Crippen LogP contribution in [0, 0.1) is 24.5 Å². The van der Waals surface area contributed by atoms with Gasteiger partial charge in [0.1, 0.15) is 11.6 Å². The summed E-state index contributed by atoms with van der Waals surface area (Å²) in [5, 5.41) is 5.74. The fraction of sp³-hybridized carbons (Fsp3) is 0.238. The van der Waals surface area contributed by atoms with Gasteiger partial charge in [-0.2, -0.15) is 0 Å². The molecule has 0 spiro atoms. The fourth-order valence-electron chi connectivity index (χ4n) is 3.15. The standard InChI is InChI=1S/C21H21F2N3O3/c1-10(2)17(18-11(3)15-8-13(22)9-16(23)19(15)29-18)26-21(28)25-14-6-4-5-12(7-14)20(24)27/h4-10,17H,1-3H3,(H2,24,27)(H2,25,26,28)/t17-/m0/s1. The lowest BCUT2D eigenvalue weighted by Gasteiger charge is -2.21. The van der Waals surface area contributed by atoms with Gasteiger partial charge in [-0.3, -0.25) is 4.79 Å². The molecule has 0 fully saturated rings. The third-order valence-electron chi connectivity index (χ3n) is 4.63. The van der Waals surface area contributed by atoms with Crippen molar-refractivity contribution in [1.82, 2.24) is 5.32 Å². The topological polar surface area (TPSA) is 97.4 Å². The van der Waals surface area contributed by atoms with Gasteiger partial charge in [0.15, 0.2) is 11.4 Å². The van der Waals surface area contributed by atoms with Crippen molar-refractivity contribution in [1.29, 1.82) is 0 Å². The summed E-state index contributed by atoms with van der Waals surface area (Å²) >= 11 is 0. The SMILES string of the molecule is Cc1c([C@@H](NC(=O)Nc2cccc(C(N)=O)c2)C(C)C)oc2c(F)cc(F)cc12. The van der Waals surface area contributed by atoms with E-state index < -0.39 is 29.6 Å². The van der Waals surface area contributed by atoms with E-state index in [1.54, 1.807) is 19.1 Å². The molecule has 1 atom stereocenters. The normalized spacial score (nSPS) is 12.2. The summed E-state index contributed by atoms with van der Waals surface area (Å²) in [5.74, 6) is -1.87. The molecule has 1 aromatic heterocycles. The largest absolute Gasteiger partial charge is 0.455 e. The summed E-state index contributed by atoms with van der Waals surface area (Å²) < 4.78 is 33.3. The molecular formula is C21H21F2N3O3. The van der Waals surface area contributed by atoms with Crippen LogP contribution in [0.1, 0.15) is 41.6 Å². The van der Waals surface area contributed by atoms with E-state index in [9.17, 15) is 18.4 Å². The summed E-state index contributed by atoms with van der Waals surface area (Å²) in [6.07, 6.45) is 0. The quantitative estimate of drug-likeness (QED) is 0.581. The van der Waals surface area contributed by atoms with Crippen molar-refractivity contribution >= 4 is 28.6 Å². The zero-order chi connectivity index (χ0) is 21.3. The molecule has 0 bridgehead atoms. The van der Waals surface area contributed by atoms with Crippen molar-refractivity contribution in [2.24, 2.45) is 11.7 Å². The molecule has 3 aromatic rings. The third-order valence-corrected chi connectivity index (χ3v) is 4.63. The van der Waals surface area contributed by atoms with Crippen molar-refractivity contribution in [2.75, 3.05) is 5.32 Å². The average molecular weight is 401 g/mol. The minimum atomic E-state index is -0.801. The molecule has 6 nitrogen and oxygen atoms in total.